The summed E-state index contributed by atoms with van der Waals surface area (Å²) < 4.78 is 10.5. The number of benzene rings is 3. The lowest BCUT2D eigenvalue weighted by Gasteiger charge is -2.12. The smallest absolute Gasteiger partial charge is 0.328 e. The maximum absolute atomic E-state index is 12.2. The number of ketones is 2. The molecule has 0 fully saturated rings. The molecule has 0 saturated carbocycles. The molecule has 3 aromatic carbocycles. The van der Waals surface area contributed by atoms with Gasteiger partial charge in [0.15, 0.2) is 24.8 Å². The third-order valence-electron chi connectivity index (χ3n) is 4.40. The second-order valence-electron chi connectivity index (χ2n) is 6.52. The van der Waals surface area contributed by atoms with Gasteiger partial charge in [0.1, 0.15) is 11.8 Å². The highest BCUT2D eigenvalue weighted by atomic mass is 79.9. The highest BCUT2D eigenvalue weighted by Crippen LogP contribution is 2.18. The number of hydrogen-bond acceptors (Lipinski definition) is 6. The monoisotopic (exact) mass is 483 g/mol. The quantitative estimate of drug-likeness (QED) is 0.365. The number of nitrogens with two attached hydrogens (primary N) is 1. The van der Waals surface area contributed by atoms with Gasteiger partial charge in [-0.05, 0) is 17.7 Å². The molecule has 0 aromatic heterocycles. The van der Waals surface area contributed by atoms with E-state index in [2.05, 4.69) is 0 Å². The van der Waals surface area contributed by atoms with Gasteiger partial charge in [-0.3, -0.25) is 9.59 Å². The van der Waals surface area contributed by atoms with Crippen molar-refractivity contribution >= 4 is 34.5 Å². The first-order valence-electron chi connectivity index (χ1n) is 9.36. The Labute approximate surface area is 190 Å². The van der Waals surface area contributed by atoms with E-state index in [1.807, 2.05) is 6.07 Å². The maximum atomic E-state index is 12.2. The first-order valence-corrected chi connectivity index (χ1v) is 9.36. The fourth-order valence-corrected chi connectivity index (χ4v) is 2.70. The Balaban J connectivity index is 0.00000341. The van der Waals surface area contributed by atoms with Crippen LogP contribution in [0.25, 0.3) is 0 Å². The summed E-state index contributed by atoms with van der Waals surface area (Å²) in [6.07, 6.45) is 0. The van der Waals surface area contributed by atoms with Crippen molar-refractivity contribution in [2.24, 2.45) is 5.73 Å². The summed E-state index contributed by atoms with van der Waals surface area (Å²) >= 11 is 0. The van der Waals surface area contributed by atoms with E-state index in [0.717, 1.165) is 0 Å². The SMILES string of the molecule is Br.NC(C(=O)OCC(=O)c1ccccc1)c1ccc(OCC(=O)c2ccccc2)cc1. The zero-order valence-corrected chi connectivity index (χ0v) is 18.3. The molecule has 31 heavy (non-hydrogen) atoms. The standard InChI is InChI=1S/C24H21NO5.BrH/c25-23(24(28)30-16-22(27)18-9-5-2-6-10-18)19-11-13-20(14-12-19)29-15-21(26)17-7-3-1-4-8-17;/h1-14,23H,15-16,25H2;1H. The van der Waals surface area contributed by atoms with Gasteiger partial charge in [0, 0.05) is 11.1 Å². The summed E-state index contributed by atoms with van der Waals surface area (Å²) in [4.78, 5) is 36.3. The molecule has 0 spiro atoms. The van der Waals surface area contributed by atoms with Crippen molar-refractivity contribution in [1.82, 2.24) is 0 Å². The molecule has 0 aliphatic rings. The van der Waals surface area contributed by atoms with Gasteiger partial charge in [0.25, 0.3) is 0 Å². The average molecular weight is 484 g/mol. The van der Waals surface area contributed by atoms with Crippen LogP contribution in [0.15, 0.2) is 84.9 Å². The van der Waals surface area contributed by atoms with Crippen molar-refractivity contribution in [3.8, 4) is 5.75 Å². The number of esters is 1. The molecule has 0 aliphatic heterocycles. The lowest BCUT2D eigenvalue weighted by atomic mass is 10.1. The van der Waals surface area contributed by atoms with E-state index >= 15 is 0 Å². The summed E-state index contributed by atoms with van der Waals surface area (Å²) in [6, 6.07) is 22.9. The number of ether oxygens (including phenoxy) is 2. The van der Waals surface area contributed by atoms with E-state index in [-0.39, 0.29) is 41.8 Å². The van der Waals surface area contributed by atoms with Crippen LogP contribution in [0.5, 0.6) is 5.75 Å². The van der Waals surface area contributed by atoms with Crippen LogP contribution in [0.2, 0.25) is 0 Å². The second kappa shape index (κ2) is 11.8. The summed E-state index contributed by atoms with van der Waals surface area (Å²) in [6.45, 7) is -0.474. The van der Waals surface area contributed by atoms with E-state index < -0.39 is 12.0 Å². The molecule has 0 saturated heterocycles. The van der Waals surface area contributed by atoms with Crippen molar-refractivity contribution < 1.29 is 23.9 Å². The number of Topliss-reactive ketones (excluding diaryl/α,β-unsaturated/α-hetero) is 2. The van der Waals surface area contributed by atoms with Crippen molar-refractivity contribution in [3.63, 3.8) is 0 Å². The molecule has 0 heterocycles. The number of carbonyl (C=O) groups excluding carboxylic acids is 3. The van der Waals surface area contributed by atoms with Crippen molar-refractivity contribution in [3.05, 3.63) is 102 Å². The van der Waals surface area contributed by atoms with Gasteiger partial charge in [0.2, 0.25) is 0 Å². The number of carbonyl (C=O) groups is 3. The van der Waals surface area contributed by atoms with Crippen LogP contribution in [0.1, 0.15) is 32.3 Å². The van der Waals surface area contributed by atoms with Crippen LogP contribution in [-0.4, -0.2) is 30.7 Å². The Morgan fingerprint density at radius 2 is 1.19 bits per heavy atom. The molecule has 0 bridgehead atoms. The highest BCUT2D eigenvalue weighted by Gasteiger charge is 2.19. The van der Waals surface area contributed by atoms with Crippen LogP contribution in [0, 0.1) is 0 Å². The minimum Gasteiger partial charge on any atom is -0.485 e. The molecule has 7 heteroatoms. The van der Waals surface area contributed by atoms with E-state index in [0.29, 0.717) is 22.4 Å². The third-order valence-corrected chi connectivity index (χ3v) is 4.40. The predicted molar refractivity (Wildman–Crippen MR) is 122 cm³/mol. The maximum Gasteiger partial charge on any atom is 0.328 e. The predicted octanol–water partition coefficient (Wildman–Crippen LogP) is 3.95. The Kier molecular flexibility index (Phi) is 9.12. The lowest BCUT2D eigenvalue weighted by Crippen LogP contribution is -2.26. The molecule has 2 N–H and O–H groups in total. The van der Waals surface area contributed by atoms with E-state index in [9.17, 15) is 14.4 Å². The fourth-order valence-electron chi connectivity index (χ4n) is 2.70. The fraction of sp³-hybridized carbons (Fsp3) is 0.125. The summed E-state index contributed by atoms with van der Waals surface area (Å²) in [5.74, 6) is -0.666. The second-order valence-corrected chi connectivity index (χ2v) is 6.52. The normalized spacial score (nSPS) is 11.0. The molecule has 3 aromatic rings. The molecule has 3 rings (SSSR count). The first-order chi connectivity index (χ1) is 14.5. The molecule has 160 valence electrons. The lowest BCUT2D eigenvalue weighted by molar-refractivity contribution is -0.144. The van der Waals surface area contributed by atoms with Crippen molar-refractivity contribution in [1.29, 1.82) is 0 Å². The van der Waals surface area contributed by atoms with E-state index in [1.165, 1.54) is 0 Å². The molecule has 1 atom stereocenters. The van der Waals surface area contributed by atoms with Gasteiger partial charge in [-0.25, -0.2) is 4.79 Å². The van der Waals surface area contributed by atoms with Crippen molar-refractivity contribution in [2.75, 3.05) is 13.2 Å². The van der Waals surface area contributed by atoms with Gasteiger partial charge in [-0.1, -0.05) is 72.8 Å². The van der Waals surface area contributed by atoms with Gasteiger partial charge in [-0.2, -0.15) is 0 Å². The molecule has 1 unspecified atom stereocenters. The summed E-state index contributed by atoms with van der Waals surface area (Å²) in [5.41, 5.74) is 7.48. The van der Waals surface area contributed by atoms with Crippen molar-refractivity contribution in [2.45, 2.75) is 6.04 Å². The zero-order valence-electron chi connectivity index (χ0n) is 16.6. The molecular formula is C24H22BrNO5. The largest absolute Gasteiger partial charge is 0.485 e. The van der Waals surface area contributed by atoms with Gasteiger partial charge >= 0.3 is 5.97 Å². The molecule has 6 nitrogen and oxygen atoms in total. The van der Waals surface area contributed by atoms with Crippen LogP contribution >= 0.6 is 17.0 Å². The minimum atomic E-state index is -1.03. The van der Waals surface area contributed by atoms with Crippen LogP contribution < -0.4 is 10.5 Å². The minimum absolute atomic E-state index is 0. The van der Waals surface area contributed by atoms with Gasteiger partial charge in [0.05, 0.1) is 0 Å². The number of hydrogen-bond donors (Lipinski definition) is 1. The highest BCUT2D eigenvalue weighted by molar-refractivity contribution is 8.93. The summed E-state index contributed by atoms with van der Waals surface area (Å²) in [7, 11) is 0. The average Bonchev–Trinajstić information content (AvgIpc) is 2.81. The van der Waals surface area contributed by atoms with Gasteiger partial charge < -0.3 is 15.2 Å². The van der Waals surface area contributed by atoms with Crippen LogP contribution in [0.4, 0.5) is 0 Å². The summed E-state index contributed by atoms with van der Waals surface area (Å²) in [5, 5.41) is 0. The van der Waals surface area contributed by atoms with Crippen LogP contribution in [-0.2, 0) is 9.53 Å². The van der Waals surface area contributed by atoms with E-state index in [4.69, 9.17) is 15.2 Å². The topological polar surface area (TPSA) is 95.7 Å². The molecule has 0 aliphatic carbocycles. The Bertz CT molecular complexity index is 1010. The van der Waals surface area contributed by atoms with Crippen LogP contribution in [0.3, 0.4) is 0 Å². The zero-order chi connectivity index (χ0) is 21.3. The molecule has 0 radical (unpaired) electrons. The Morgan fingerprint density at radius 1 is 0.710 bits per heavy atom. The Hall–Kier alpha value is -3.29. The van der Waals surface area contributed by atoms with Gasteiger partial charge in [-0.15, -0.1) is 17.0 Å². The number of rotatable bonds is 9. The number of halogens is 1. The molecular weight excluding hydrogens is 462 g/mol. The molecule has 0 amide bonds. The van der Waals surface area contributed by atoms with E-state index in [1.54, 1.807) is 78.9 Å². The third kappa shape index (κ3) is 6.87. The Morgan fingerprint density at radius 3 is 1.71 bits per heavy atom. The first kappa shape index (κ1) is 24.0.